The molecule has 0 saturated heterocycles. The molecule has 5 aromatic rings. The van der Waals surface area contributed by atoms with Crippen LogP contribution in [0.4, 0.5) is 5.69 Å². The highest BCUT2D eigenvalue weighted by Gasteiger charge is 2.23. The quantitative estimate of drug-likeness (QED) is 0.130. The van der Waals surface area contributed by atoms with Gasteiger partial charge < -0.3 is 15.5 Å². The normalized spacial score (nSPS) is 11.9. The summed E-state index contributed by atoms with van der Waals surface area (Å²) in [4.78, 5) is 39.0. The number of halogens is 1. The lowest BCUT2D eigenvalue weighted by Gasteiger charge is -2.12. The fourth-order valence-electron chi connectivity index (χ4n) is 4.24. The number of ether oxygens (including phenoxy) is 1. The minimum atomic E-state index is -0.977. The van der Waals surface area contributed by atoms with E-state index in [4.69, 9.17) is 27.2 Å². The SMILES string of the molecule is C[C@H](N)C(=O)Oc1cc([N+](=O)[O-])ccc1-c1cc(=O)[nH]c2c(-c3ccc(Cl)cc3)c(Cc3ccccc3)nn12. The standard InChI is InChI=1S/C28H22ClN5O5/c1-16(30)28(36)39-24-14-20(34(37)38)11-12-21(24)23-15-25(35)31-27-26(18-7-9-19(29)10-8-18)22(32-33(23)27)13-17-5-3-2-4-6-17/h2-12,14-16H,13,30H2,1H3,(H,31,35)/t16-/m0/s1. The van der Waals surface area contributed by atoms with E-state index < -0.39 is 22.5 Å². The molecule has 5 rings (SSSR count). The van der Waals surface area contributed by atoms with E-state index in [9.17, 15) is 19.7 Å². The molecule has 0 spiro atoms. The average molecular weight is 544 g/mol. The Morgan fingerprint density at radius 2 is 1.85 bits per heavy atom. The number of nitrogens with zero attached hydrogens (tertiary/aromatic N) is 3. The summed E-state index contributed by atoms with van der Waals surface area (Å²) in [5.74, 6) is -0.906. The van der Waals surface area contributed by atoms with Gasteiger partial charge in [-0.15, -0.1) is 0 Å². The maximum absolute atomic E-state index is 12.9. The number of fused-ring (bicyclic) bond motifs is 1. The smallest absolute Gasteiger partial charge is 0.328 e. The van der Waals surface area contributed by atoms with Gasteiger partial charge in [0.1, 0.15) is 17.4 Å². The minimum absolute atomic E-state index is 0.119. The van der Waals surface area contributed by atoms with Gasteiger partial charge in [-0.1, -0.05) is 54.1 Å². The molecule has 10 nitrogen and oxygen atoms in total. The van der Waals surface area contributed by atoms with Gasteiger partial charge in [-0.3, -0.25) is 14.9 Å². The summed E-state index contributed by atoms with van der Waals surface area (Å²) in [6.07, 6.45) is 0.453. The van der Waals surface area contributed by atoms with E-state index in [0.717, 1.165) is 17.2 Å². The van der Waals surface area contributed by atoms with Crippen LogP contribution >= 0.6 is 11.6 Å². The first kappa shape index (κ1) is 25.8. The molecule has 3 N–H and O–H groups in total. The zero-order valence-corrected chi connectivity index (χ0v) is 21.4. The number of aromatic amines is 1. The number of nitrogens with two attached hydrogens (primary N) is 1. The van der Waals surface area contributed by atoms with Crippen LogP contribution in [0.15, 0.2) is 83.7 Å². The molecule has 0 aliphatic rings. The first-order valence-electron chi connectivity index (χ1n) is 11.9. The van der Waals surface area contributed by atoms with Crippen molar-refractivity contribution in [1.29, 1.82) is 0 Å². The first-order valence-corrected chi connectivity index (χ1v) is 12.3. The topological polar surface area (TPSA) is 146 Å². The lowest BCUT2D eigenvalue weighted by atomic mass is 10.0. The number of H-pyrrole nitrogens is 1. The third-order valence-electron chi connectivity index (χ3n) is 6.08. The van der Waals surface area contributed by atoms with Crippen LogP contribution < -0.4 is 16.0 Å². The van der Waals surface area contributed by atoms with Gasteiger partial charge in [0, 0.05) is 34.7 Å². The number of benzene rings is 3. The molecule has 196 valence electrons. The Kier molecular flexibility index (Phi) is 6.97. The Balaban J connectivity index is 1.78. The minimum Gasteiger partial charge on any atom is -0.424 e. The van der Waals surface area contributed by atoms with Crippen molar-refractivity contribution in [2.75, 3.05) is 0 Å². The fraction of sp³-hybridized carbons (Fsp3) is 0.107. The number of non-ortho nitro benzene ring substituents is 1. The summed E-state index contributed by atoms with van der Waals surface area (Å²) in [7, 11) is 0. The number of hydrogen-bond acceptors (Lipinski definition) is 7. The second-order valence-corrected chi connectivity index (χ2v) is 9.35. The van der Waals surface area contributed by atoms with Gasteiger partial charge in [0.2, 0.25) is 0 Å². The molecule has 3 aromatic carbocycles. The van der Waals surface area contributed by atoms with Gasteiger partial charge in [-0.05, 0) is 36.2 Å². The van der Waals surface area contributed by atoms with Crippen LogP contribution in [0.5, 0.6) is 5.75 Å². The van der Waals surface area contributed by atoms with Crippen LogP contribution in [-0.2, 0) is 11.2 Å². The molecule has 0 radical (unpaired) electrons. The van der Waals surface area contributed by atoms with E-state index in [2.05, 4.69) is 4.98 Å². The average Bonchev–Trinajstić information content (AvgIpc) is 3.26. The van der Waals surface area contributed by atoms with Gasteiger partial charge in [-0.2, -0.15) is 5.10 Å². The Labute approximate surface area is 226 Å². The summed E-state index contributed by atoms with van der Waals surface area (Å²) in [5, 5.41) is 16.9. The Hall–Kier alpha value is -4.80. The highest BCUT2D eigenvalue weighted by molar-refractivity contribution is 6.30. The summed E-state index contributed by atoms with van der Waals surface area (Å²) >= 11 is 6.13. The molecule has 0 aliphatic heterocycles. The number of aromatic nitrogens is 3. The number of nitrogens with one attached hydrogen (secondary N) is 1. The second kappa shape index (κ2) is 10.5. The molecule has 0 amide bonds. The van der Waals surface area contributed by atoms with Crippen molar-refractivity contribution in [3.05, 3.63) is 116 Å². The fourth-order valence-corrected chi connectivity index (χ4v) is 4.36. The summed E-state index contributed by atoms with van der Waals surface area (Å²) < 4.78 is 6.97. The first-order chi connectivity index (χ1) is 18.7. The molecule has 0 fully saturated rings. The van der Waals surface area contributed by atoms with Gasteiger partial charge >= 0.3 is 5.97 Å². The number of rotatable bonds is 7. The maximum atomic E-state index is 12.9. The van der Waals surface area contributed by atoms with E-state index >= 15 is 0 Å². The lowest BCUT2D eigenvalue weighted by molar-refractivity contribution is -0.384. The van der Waals surface area contributed by atoms with Crippen molar-refractivity contribution in [2.45, 2.75) is 19.4 Å². The van der Waals surface area contributed by atoms with Crippen molar-refractivity contribution in [3.63, 3.8) is 0 Å². The van der Waals surface area contributed by atoms with Gasteiger partial charge in [0.15, 0.2) is 0 Å². The number of carbonyl (C=O) groups excluding carboxylic acids is 1. The highest BCUT2D eigenvalue weighted by Crippen LogP contribution is 2.36. The summed E-state index contributed by atoms with van der Waals surface area (Å²) in [5.41, 5.74) is 8.98. The molecule has 0 unspecified atom stereocenters. The van der Waals surface area contributed by atoms with Gasteiger partial charge in [0.25, 0.3) is 11.2 Å². The molecule has 11 heteroatoms. The van der Waals surface area contributed by atoms with Crippen LogP contribution in [0.3, 0.4) is 0 Å². The van der Waals surface area contributed by atoms with Crippen molar-refractivity contribution >= 4 is 28.9 Å². The Morgan fingerprint density at radius 1 is 1.13 bits per heavy atom. The van der Waals surface area contributed by atoms with Crippen molar-refractivity contribution < 1.29 is 14.5 Å². The maximum Gasteiger partial charge on any atom is 0.328 e. The molecular weight excluding hydrogens is 522 g/mol. The largest absolute Gasteiger partial charge is 0.424 e. The third kappa shape index (κ3) is 5.28. The molecule has 0 saturated carbocycles. The third-order valence-corrected chi connectivity index (χ3v) is 6.33. The van der Waals surface area contributed by atoms with Crippen LogP contribution in [0, 0.1) is 10.1 Å². The monoisotopic (exact) mass is 543 g/mol. The van der Waals surface area contributed by atoms with Crippen LogP contribution in [-0.4, -0.2) is 31.5 Å². The van der Waals surface area contributed by atoms with Crippen molar-refractivity contribution in [1.82, 2.24) is 14.6 Å². The summed E-state index contributed by atoms with van der Waals surface area (Å²) in [6, 6.07) is 21.0. The predicted octanol–water partition coefficient (Wildman–Crippen LogP) is 4.76. The van der Waals surface area contributed by atoms with Gasteiger partial charge in [-0.25, -0.2) is 9.31 Å². The van der Waals surface area contributed by atoms with Crippen molar-refractivity contribution in [2.24, 2.45) is 5.73 Å². The molecule has 0 aliphatic carbocycles. The van der Waals surface area contributed by atoms with Gasteiger partial charge in [0.05, 0.1) is 22.4 Å². The molecule has 0 bridgehead atoms. The van der Waals surface area contributed by atoms with E-state index in [1.807, 2.05) is 42.5 Å². The van der Waals surface area contributed by atoms with E-state index in [1.165, 1.54) is 29.6 Å². The number of nitro benzene ring substituents is 1. The van der Waals surface area contributed by atoms with E-state index in [1.54, 1.807) is 12.1 Å². The predicted molar refractivity (Wildman–Crippen MR) is 147 cm³/mol. The molecule has 1 atom stereocenters. The number of nitro groups is 1. The number of esters is 1. The van der Waals surface area contributed by atoms with Crippen LogP contribution in [0.25, 0.3) is 28.0 Å². The number of hydrogen-bond donors (Lipinski definition) is 2. The highest BCUT2D eigenvalue weighted by atomic mass is 35.5. The molecular formula is C28H22ClN5O5. The van der Waals surface area contributed by atoms with Crippen LogP contribution in [0.1, 0.15) is 18.2 Å². The second-order valence-electron chi connectivity index (χ2n) is 8.92. The molecule has 2 heterocycles. The van der Waals surface area contributed by atoms with Crippen molar-refractivity contribution in [3.8, 4) is 28.1 Å². The number of carbonyl (C=O) groups is 1. The van der Waals surface area contributed by atoms with E-state index in [-0.39, 0.29) is 22.7 Å². The Morgan fingerprint density at radius 3 is 2.51 bits per heavy atom. The molecule has 39 heavy (non-hydrogen) atoms. The van der Waals surface area contributed by atoms with Crippen LogP contribution in [0.2, 0.25) is 5.02 Å². The molecule has 2 aromatic heterocycles. The zero-order valence-electron chi connectivity index (χ0n) is 20.6. The lowest BCUT2D eigenvalue weighted by Crippen LogP contribution is -2.31. The zero-order chi connectivity index (χ0) is 27.7. The Bertz CT molecular complexity index is 1760. The summed E-state index contributed by atoms with van der Waals surface area (Å²) in [6.45, 7) is 1.44. The van der Waals surface area contributed by atoms with E-state index in [0.29, 0.717) is 28.3 Å².